The summed E-state index contributed by atoms with van der Waals surface area (Å²) in [5, 5.41) is 0.145. The van der Waals surface area contributed by atoms with Gasteiger partial charge in [-0.2, -0.15) is 0 Å². The molecule has 5 heteroatoms. The molecule has 1 aromatic carbocycles. The Hall–Kier alpha value is -0.680. The van der Waals surface area contributed by atoms with Gasteiger partial charge in [0.15, 0.2) is 0 Å². The SMILES string of the molecule is CN(C)CCN(C)C(CN)c1cccc(Cl)c1F. The lowest BCUT2D eigenvalue weighted by Gasteiger charge is -2.28. The first-order chi connectivity index (χ1) is 8.47. The van der Waals surface area contributed by atoms with Crippen LogP contribution in [0.25, 0.3) is 0 Å². The predicted octanol–water partition coefficient (Wildman–Crippen LogP) is 1.97. The molecular weight excluding hydrogens is 253 g/mol. The summed E-state index contributed by atoms with van der Waals surface area (Å²) in [6.07, 6.45) is 0. The van der Waals surface area contributed by atoms with E-state index >= 15 is 0 Å². The Bertz CT molecular complexity index is 384. The fraction of sp³-hybridized carbons (Fsp3) is 0.538. The van der Waals surface area contributed by atoms with Crippen molar-refractivity contribution >= 4 is 11.6 Å². The van der Waals surface area contributed by atoms with Gasteiger partial charge in [0.1, 0.15) is 5.82 Å². The molecule has 0 bridgehead atoms. The number of nitrogens with zero attached hydrogens (tertiary/aromatic N) is 2. The summed E-state index contributed by atoms with van der Waals surface area (Å²) in [5.41, 5.74) is 6.33. The molecule has 1 rings (SSSR count). The maximum atomic E-state index is 14.0. The molecule has 0 radical (unpaired) electrons. The lowest BCUT2D eigenvalue weighted by molar-refractivity contribution is 0.219. The second-order valence-electron chi connectivity index (χ2n) is 4.68. The topological polar surface area (TPSA) is 32.5 Å². The Morgan fingerprint density at radius 2 is 1.94 bits per heavy atom. The van der Waals surface area contributed by atoms with Crippen molar-refractivity contribution in [1.29, 1.82) is 0 Å². The van der Waals surface area contributed by atoms with Crippen molar-refractivity contribution in [2.45, 2.75) is 6.04 Å². The van der Waals surface area contributed by atoms with Gasteiger partial charge in [0, 0.05) is 31.2 Å². The molecular formula is C13H21ClFN3. The minimum atomic E-state index is -0.369. The van der Waals surface area contributed by atoms with Gasteiger partial charge in [-0.1, -0.05) is 23.7 Å². The molecule has 0 aliphatic heterocycles. The molecule has 0 aliphatic carbocycles. The van der Waals surface area contributed by atoms with Gasteiger partial charge in [0.25, 0.3) is 0 Å². The van der Waals surface area contributed by atoms with Crippen LogP contribution in [-0.2, 0) is 0 Å². The highest BCUT2D eigenvalue weighted by molar-refractivity contribution is 6.30. The van der Waals surface area contributed by atoms with Gasteiger partial charge in [-0.15, -0.1) is 0 Å². The van der Waals surface area contributed by atoms with Crippen LogP contribution in [0.1, 0.15) is 11.6 Å². The highest BCUT2D eigenvalue weighted by Gasteiger charge is 2.20. The normalized spacial score (nSPS) is 13.3. The molecule has 1 atom stereocenters. The first-order valence-corrected chi connectivity index (χ1v) is 6.34. The third kappa shape index (κ3) is 3.92. The average Bonchev–Trinajstić information content (AvgIpc) is 2.32. The van der Waals surface area contributed by atoms with E-state index < -0.39 is 0 Å². The standard InChI is InChI=1S/C13H21ClFN3/c1-17(2)7-8-18(3)12(9-16)10-5-4-6-11(14)13(10)15/h4-6,12H,7-9,16H2,1-3H3. The lowest BCUT2D eigenvalue weighted by Crippen LogP contribution is -2.35. The summed E-state index contributed by atoms with van der Waals surface area (Å²) in [4.78, 5) is 4.13. The van der Waals surface area contributed by atoms with Crippen molar-refractivity contribution in [2.24, 2.45) is 5.73 Å². The zero-order chi connectivity index (χ0) is 13.7. The van der Waals surface area contributed by atoms with Crippen molar-refractivity contribution in [1.82, 2.24) is 9.80 Å². The molecule has 0 saturated heterocycles. The molecule has 1 aromatic rings. The maximum Gasteiger partial charge on any atom is 0.146 e. The van der Waals surface area contributed by atoms with Gasteiger partial charge in [-0.3, -0.25) is 4.90 Å². The van der Waals surface area contributed by atoms with Gasteiger partial charge in [0.05, 0.1) is 5.02 Å². The molecule has 0 saturated carbocycles. The third-order valence-corrected chi connectivity index (χ3v) is 3.29. The number of hydrogen-bond acceptors (Lipinski definition) is 3. The van der Waals surface area contributed by atoms with Crippen molar-refractivity contribution in [3.8, 4) is 0 Å². The summed E-state index contributed by atoms with van der Waals surface area (Å²) in [7, 11) is 5.96. The molecule has 18 heavy (non-hydrogen) atoms. The summed E-state index contributed by atoms with van der Waals surface area (Å²) in [6, 6.07) is 4.89. The molecule has 0 aliphatic rings. The van der Waals surface area contributed by atoms with Crippen molar-refractivity contribution in [3.05, 3.63) is 34.6 Å². The van der Waals surface area contributed by atoms with E-state index in [0.29, 0.717) is 12.1 Å². The van der Waals surface area contributed by atoms with Crippen molar-refractivity contribution in [3.63, 3.8) is 0 Å². The smallest absolute Gasteiger partial charge is 0.146 e. The molecule has 0 heterocycles. The molecule has 3 nitrogen and oxygen atoms in total. The van der Waals surface area contributed by atoms with Gasteiger partial charge in [0.2, 0.25) is 0 Å². The highest BCUT2D eigenvalue weighted by atomic mass is 35.5. The number of likely N-dealkylation sites (N-methyl/N-ethyl adjacent to an activating group) is 2. The lowest BCUT2D eigenvalue weighted by atomic mass is 10.1. The quantitative estimate of drug-likeness (QED) is 0.860. The van der Waals surface area contributed by atoms with E-state index in [0.717, 1.165) is 13.1 Å². The predicted molar refractivity (Wildman–Crippen MR) is 74.4 cm³/mol. The Labute approximate surface area is 113 Å². The van der Waals surface area contributed by atoms with Crippen molar-refractivity contribution < 1.29 is 4.39 Å². The Morgan fingerprint density at radius 3 is 2.50 bits per heavy atom. The first kappa shape index (κ1) is 15.4. The van der Waals surface area contributed by atoms with E-state index in [9.17, 15) is 4.39 Å². The second-order valence-corrected chi connectivity index (χ2v) is 5.09. The number of benzene rings is 1. The monoisotopic (exact) mass is 273 g/mol. The summed E-state index contributed by atoms with van der Waals surface area (Å²) in [6.45, 7) is 2.08. The van der Waals surface area contributed by atoms with E-state index in [1.165, 1.54) is 0 Å². The van der Waals surface area contributed by atoms with Crippen LogP contribution in [0, 0.1) is 5.82 Å². The average molecular weight is 274 g/mol. The highest BCUT2D eigenvalue weighted by Crippen LogP contribution is 2.25. The van der Waals surface area contributed by atoms with Crippen LogP contribution in [0.2, 0.25) is 5.02 Å². The van der Waals surface area contributed by atoms with E-state index in [4.69, 9.17) is 17.3 Å². The number of nitrogens with two attached hydrogens (primary N) is 1. The van der Waals surface area contributed by atoms with Gasteiger partial charge in [-0.05, 0) is 27.2 Å². The van der Waals surface area contributed by atoms with E-state index in [-0.39, 0.29) is 16.9 Å². The van der Waals surface area contributed by atoms with E-state index in [1.54, 1.807) is 18.2 Å². The van der Waals surface area contributed by atoms with E-state index in [2.05, 4.69) is 9.80 Å². The Morgan fingerprint density at radius 1 is 1.28 bits per heavy atom. The number of rotatable bonds is 6. The number of hydrogen-bond donors (Lipinski definition) is 1. The van der Waals surface area contributed by atoms with Gasteiger partial charge < -0.3 is 10.6 Å². The largest absolute Gasteiger partial charge is 0.329 e. The fourth-order valence-electron chi connectivity index (χ4n) is 1.84. The maximum absolute atomic E-state index is 14.0. The van der Waals surface area contributed by atoms with Crippen LogP contribution < -0.4 is 5.73 Å². The fourth-order valence-corrected chi connectivity index (χ4v) is 2.02. The molecule has 0 aromatic heterocycles. The van der Waals surface area contributed by atoms with Crippen LogP contribution in [0.5, 0.6) is 0 Å². The first-order valence-electron chi connectivity index (χ1n) is 5.96. The zero-order valence-corrected chi connectivity index (χ0v) is 11.9. The zero-order valence-electron chi connectivity index (χ0n) is 11.2. The van der Waals surface area contributed by atoms with Crippen LogP contribution >= 0.6 is 11.6 Å². The molecule has 0 amide bonds. The Kier molecular flexibility index (Phi) is 6.02. The molecule has 0 spiro atoms. The van der Waals surface area contributed by atoms with Gasteiger partial charge in [-0.25, -0.2) is 4.39 Å². The molecule has 0 fully saturated rings. The van der Waals surface area contributed by atoms with Gasteiger partial charge >= 0.3 is 0 Å². The second kappa shape index (κ2) is 7.04. The third-order valence-electron chi connectivity index (χ3n) is 3.00. The summed E-state index contributed by atoms with van der Waals surface area (Å²) in [5.74, 6) is -0.369. The minimum absolute atomic E-state index is 0.145. The van der Waals surface area contributed by atoms with Crippen LogP contribution in [-0.4, -0.2) is 50.6 Å². The van der Waals surface area contributed by atoms with Crippen LogP contribution in [0.3, 0.4) is 0 Å². The molecule has 102 valence electrons. The van der Waals surface area contributed by atoms with Crippen molar-refractivity contribution in [2.75, 3.05) is 40.8 Å². The summed E-state index contributed by atoms with van der Waals surface area (Å²) < 4.78 is 14.0. The minimum Gasteiger partial charge on any atom is -0.329 e. The summed E-state index contributed by atoms with van der Waals surface area (Å²) >= 11 is 5.80. The van der Waals surface area contributed by atoms with Crippen LogP contribution in [0.15, 0.2) is 18.2 Å². The molecule has 2 N–H and O–H groups in total. The van der Waals surface area contributed by atoms with Crippen LogP contribution in [0.4, 0.5) is 4.39 Å². The molecule has 1 unspecified atom stereocenters. The number of halogens is 2. The van der Waals surface area contributed by atoms with E-state index in [1.807, 2.05) is 21.1 Å². The Balaban J connectivity index is 2.85.